The Hall–Kier alpha value is -1.64. The van der Waals surface area contributed by atoms with Crippen LogP contribution in [0.5, 0.6) is 0 Å². The molecule has 0 spiro atoms. The number of aliphatic carboxylic acids is 1. The minimum atomic E-state index is -0.922. The molecule has 1 N–H and O–H groups in total. The Morgan fingerprint density at radius 3 is 2.19 bits per heavy atom. The van der Waals surface area contributed by atoms with Crippen LogP contribution >= 0.6 is 0 Å². The normalized spacial score (nSPS) is 14.1. The molecule has 2 unspecified atom stereocenters. The standard InChI is InChI=1S/C13H16O3/c1-9(10(2)13(15)16)12(14)8-11-6-4-3-5-7-11/h3-7,9-10H,8H2,1-2H3,(H,15,16). The summed E-state index contributed by atoms with van der Waals surface area (Å²) in [7, 11) is 0. The van der Waals surface area contributed by atoms with Crippen LogP contribution in [0.25, 0.3) is 0 Å². The fourth-order valence-electron chi connectivity index (χ4n) is 1.45. The molecule has 0 aliphatic rings. The summed E-state index contributed by atoms with van der Waals surface area (Å²) in [5.41, 5.74) is 0.928. The molecular weight excluding hydrogens is 204 g/mol. The van der Waals surface area contributed by atoms with Gasteiger partial charge in [-0.15, -0.1) is 0 Å². The lowest BCUT2D eigenvalue weighted by molar-refractivity contribution is -0.145. The van der Waals surface area contributed by atoms with Gasteiger partial charge in [0.05, 0.1) is 5.92 Å². The van der Waals surface area contributed by atoms with E-state index in [4.69, 9.17) is 5.11 Å². The van der Waals surface area contributed by atoms with Crippen molar-refractivity contribution in [3.8, 4) is 0 Å². The molecule has 0 amide bonds. The molecule has 0 aliphatic carbocycles. The van der Waals surface area contributed by atoms with Crippen molar-refractivity contribution >= 4 is 11.8 Å². The van der Waals surface area contributed by atoms with Crippen molar-refractivity contribution in [2.75, 3.05) is 0 Å². The molecule has 3 heteroatoms. The van der Waals surface area contributed by atoms with Gasteiger partial charge in [0, 0.05) is 12.3 Å². The summed E-state index contributed by atoms with van der Waals surface area (Å²) in [5.74, 6) is -2.02. The zero-order valence-electron chi connectivity index (χ0n) is 9.51. The largest absolute Gasteiger partial charge is 0.481 e. The molecule has 0 heterocycles. The van der Waals surface area contributed by atoms with Crippen molar-refractivity contribution in [1.82, 2.24) is 0 Å². The van der Waals surface area contributed by atoms with Gasteiger partial charge in [-0.1, -0.05) is 44.2 Å². The zero-order valence-corrected chi connectivity index (χ0v) is 9.51. The molecule has 1 aromatic carbocycles. The summed E-state index contributed by atoms with van der Waals surface area (Å²) in [4.78, 5) is 22.5. The molecule has 0 fully saturated rings. The molecule has 0 aliphatic heterocycles. The highest BCUT2D eigenvalue weighted by Gasteiger charge is 2.25. The molecule has 0 saturated carbocycles. The Morgan fingerprint density at radius 2 is 1.69 bits per heavy atom. The Morgan fingerprint density at radius 1 is 1.12 bits per heavy atom. The van der Waals surface area contributed by atoms with E-state index in [2.05, 4.69) is 0 Å². The fourth-order valence-corrected chi connectivity index (χ4v) is 1.45. The molecule has 16 heavy (non-hydrogen) atoms. The summed E-state index contributed by atoms with van der Waals surface area (Å²) in [6.07, 6.45) is 0.305. The van der Waals surface area contributed by atoms with Gasteiger partial charge >= 0.3 is 5.97 Å². The number of rotatable bonds is 5. The molecular formula is C13H16O3. The minimum Gasteiger partial charge on any atom is -0.481 e. The monoisotopic (exact) mass is 220 g/mol. The van der Waals surface area contributed by atoms with Crippen molar-refractivity contribution in [2.45, 2.75) is 20.3 Å². The van der Waals surface area contributed by atoms with E-state index in [1.54, 1.807) is 13.8 Å². The van der Waals surface area contributed by atoms with Gasteiger partial charge in [-0.25, -0.2) is 0 Å². The average molecular weight is 220 g/mol. The fraction of sp³-hybridized carbons (Fsp3) is 0.385. The lowest BCUT2D eigenvalue weighted by Gasteiger charge is -2.14. The van der Waals surface area contributed by atoms with E-state index in [0.717, 1.165) is 5.56 Å². The first-order valence-corrected chi connectivity index (χ1v) is 5.32. The van der Waals surface area contributed by atoms with Crippen LogP contribution in [0, 0.1) is 11.8 Å². The van der Waals surface area contributed by atoms with Gasteiger partial charge in [0.25, 0.3) is 0 Å². The zero-order chi connectivity index (χ0) is 12.1. The Labute approximate surface area is 95.1 Å². The maximum absolute atomic E-state index is 11.8. The number of carboxylic acid groups (broad SMARTS) is 1. The Kier molecular flexibility index (Phi) is 4.23. The first kappa shape index (κ1) is 12.4. The third kappa shape index (κ3) is 3.19. The smallest absolute Gasteiger partial charge is 0.306 e. The predicted molar refractivity (Wildman–Crippen MR) is 61.1 cm³/mol. The summed E-state index contributed by atoms with van der Waals surface area (Å²) < 4.78 is 0. The SMILES string of the molecule is CC(C(=O)O)C(C)C(=O)Cc1ccccc1. The molecule has 1 aromatic rings. The summed E-state index contributed by atoms with van der Waals surface area (Å²) in [6, 6.07) is 9.37. The molecule has 0 bridgehead atoms. The van der Waals surface area contributed by atoms with Crippen molar-refractivity contribution < 1.29 is 14.7 Å². The summed E-state index contributed by atoms with van der Waals surface area (Å²) >= 11 is 0. The second kappa shape index (κ2) is 5.45. The average Bonchev–Trinajstić information content (AvgIpc) is 2.28. The van der Waals surface area contributed by atoms with Crippen LogP contribution in [0.1, 0.15) is 19.4 Å². The van der Waals surface area contributed by atoms with Gasteiger partial charge < -0.3 is 5.11 Å². The third-order valence-electron chi connectivity index (χ3n) is 2.87. The number of hydrogen-bond donors (Lipinski definition) is 1. The number of ketones is 1. The number of Topliss-reactive ketones (excluding diaryl/α,β-unsaturated/α-hetero) is 1. The summed E-state index contributed by atoms with van der Waals surface area (Å²) in [6.45, 7) is 3.24. The maximum atomic E-state index is 11.8. The van der Waals surface area contributed by atoms with Crippen LogP contribution in [-0.4, -0.2) is 16.9 Å². The molecule has 3 nitrogen and oxygen atoms in total. The number of hydrogen-bond acceptors (Lipinski definition) is 2. The Bertz CT molecular complexity index is 370. The lowest BCUT2D eigenvalue weighted by atomic mass is 9.89. The Balaban J connectivity index is 2.63. The molecule has 0 saturated heterocycles. The first-order chi connectivity index (χ1) is 7.52. The van der Waals surface area contributed by atoms with Crippen LogP contribution in [0.3, 0.4) is 0 Å². The first-order valence-electron chi connectivity index (χ1n) is 5.32. The van der Waals surface area contributed by atoms with Crippen LogP contribution in [0.15, 0.2) is 30.3 Å². The van der Waals surface area contributed by atoms with E-state index in [9.17, 15) is 9.59 Å². The van der Waals surface area contributed by atoms with Gasteiger partial charge in [0.2, 0.25) is 0 Å². The van der Waals surface area contributed by atoms with Gasteiger partial charge in [-0.3, -0.25) is 9.59 Å². The van der Waals surface area contributed by atoms with Crippen LogP contribution < -0.4 is 0 Å². The number of carbonyl (C=O) groups is 2. The molecule has 86 valence electrons. The van der Waals surface area contributed by atoms with Gasteiger partial charge in [0.15, 0.2) is 0 Å². The highest BCUT2D eigenvalue weighted by molar-refractivity contribution is 5.87. The minimum absolute atomic E-state index is 0.0268. The quantitative estimate of drug-likeness (QED) is 0.827. The van der Waals surface area contributed by atoms with Crippen molar-refractivity contribution in [1.29, 1.82) is 0 Å². The second-order valence-corrected chi connectivity index (χ2v) is 4.04. The second-order valence-electron chi connectivity index (χ2n) is 4.04. The molecule has 0 aromatic heterocycles. The van der Waals surface area contributed by atoms with E-state index >= 15 is 0 Å². The van der Waals surface area contributed by atoms with E-state index in [-0.39, 0.29) is 5.78 Å². The molecule has 1 rings (SSSR count). The maximum Gasteiger partial charge on any atom is 0.306 e. The topological polar surface area (TPSA) is 54.4 Å². The summed E-state index contributed by atoms with van der Waals surface area (Å²) in [5, 5.41) is 8.82. The predicted octanol–water partition coefficient (Wildman–Crippen LogP) is 2.16. The van der Waals surface area contributed by atoms with E-state index in [1.165, 1.54) is 0 Å². The lowest BCUT2D eigenvalue weighted by Crippen LogP contribution is -2.26. The van der Waals surface area contributed by atoms with E-state index in [1.807, 2.05) is 30.3 Å². The number of carboxylic acids is 1. The van der Waals surface area contributed by atoms with E-state index < -0.39 is 17.8 Å². The van der Waals surface area contributed by atoms with Gasteiger partial charge in [0.1, 0.15) is 5.78 Å². The van der Waals surface area contributed by atoms with Crippen LogP contribution in [0.2, 0.25) is 0 Å². The van der Waals surface area contributed by atoms with Crippen molar-refractivity contribution in [3.05, 3.63) is 35.9 Å². The van der Waals surface area contributed by atoms with Crippen molar-refractivity contribution in [2.24, 2.45) is 11.8 Å². The van der Waals surface area contributed by atoms with Gasteiger partial charge in [-0.2, -0.15) is 0 Å². The highest BCUT2D eigenvalue weighted by atomic mass is 16.4. The number of carbonyl (C=O) groups excluding carboxylic acids is 1. The van der Waals surface area contributed by atoms with Gasteiger partial charge in [-0.05, 0) is 5.56 Å². The molecule has 0 radical (unpaired) electrons. The third-order valence-corrected chi connectivity index (χ3v) is 2.87. The van der Waals surface area contributed by atoms with Crippen LogP contribution in [0.4, 0.5) is 0 Å². The number of benzene rings is 1. The highest BCUT2D eigenvalue weighted by Crippen LogP contribution is 2.15. The van der Waals surface area contributed by atoms with Crippen molar-refractivity contribution in [3.63, 3.8) is 0 Å². The van der Waals surface area contributed by atoms with E-state index in [0.29, 0.717) is 6.42 Å². The molecule has 2 atom stereocenters. The van der Waals surface area contributed by atoms with Crippen LogP contribution in [-0.2, 0) is 16.0 Å².